The predicted molar refractivity (Wildman–Crippen MR) is 270 cm³/mol. The van der Waals surface area contributed by atoms with Crippen LogP contribution in [0.25, 0.3) is 0 Å². The van der Waals surface area contributed by atoms with Gasteiger partial charge in [0.05, 0.1) is 19.6 Å². The fourth-order valence-corrected chi connectivity index (χ4v) is 8.97. The van der Waals surface area contributed by atoms with E-state index in [0.717, 1.165) is 91.0 Å². The smallest absolute Gasteiger partial charge is 0.744 e. The van der Waals surface area contributed by atoms with Gasteiger partial charge >= 0.3 is 29.6 Å². The van der Waals surface area contributed by atoms with Gasteiger partial charge in [-0.3, -0.25) is 42.4 Å². The molecule has 0 heterocycles. The molecular formula is C48H35N6NaO18S4. The number of amides is 6. The predicted octanol–water partition coefficient (Wildman–Crippen LogP) is 2.85. The average molecular weight is 1140 g/mol. The Balaban J connectivity index is 0.00000961. The molecule has 77 heavy (non-hydrogen) atoms. The van der Waals surface area contributed by atoms with Gasteiger partial charge in [-0.05, 0) is 127 Å². The summed E-state index contributed by atoms with van der Waals surface area (Å²) in [5, 5.41) is 14.7. The first-order chi connectivity index (χ1) is 35.6. The maximum Gasteiger partial charge on any atom is 1.00 e. The van der Waals surface area contributed by atoms with Crippen molar-refractivity contribution in [1.82, 2.24) is 0 Å². The molecule has 0 aliphatic carbocycles. The molecule has 0 unspecified atom stereocenters. The van der Waals surface area contributed by atoms with E-state index in [2.05, 4.69) is 31.9 Å². The normalized spacial score (nSPS) is 11.5. The van der Waals surface area contributed by atoms with Crippen LogP contribution in [-0.4, -0.2) is 87.3 Å². The molecule has 0 spiro atoms. The fraction of sp³-hybridized carbons (Fsp3) is 0. The van der Waals surface area contributed by atoms with Crippen LogP contribution < -0.4 is 61.5 Å². The Morgan fingerprint density at radius 1 is 0.299 bits per heavy atom. The molecule has 0 saturated carbocycles. The molecule has 0 radical (unpaired) electrons. The average Bonchev–Trinajstić information content (AvgIpc) is 3.35. The molecule has 0 bridgehead atoms. The van der Waals surface area contributed by atoms with Gasteiger partial charge in [-0.1, -0.05) is 30.3 Å². The fourth-order valence-electron chi connectivity index (χ4n) is 6.88. The van der Waals surface area contributed by atoms with E-state index in [1.807, 2.05) is 0 Å². The van der Waals surface area contributed by atoms with Crippen molar-refractivity contribution in [2.45, 2.75) is 19.6 Å². The van der Waals surface area contributed by atoms with Crippen molar-refractivity contribution >= 4 is 110 Å². The third kappa shape index (κ3) is 15.6. The Hall–Kier alpha value is -8.00. The number of benzene rings is 7. The zero-order valence-electron chi connectivity index (χ0n) is 39.1. The van der Waals surface area contributed by atoms with Crippen LogP contribution in [-0.2, 0) is 40.5 Å². The van der Waals surface area contributed by atoms with Gasteiger partial charge in [0.15, 0.2) is 0 Å². The van der Waals surface area contributed by atoms with Gasteiger partial charge in [0.25, 0.3) is 65.8 Å². The van der Waals surface area contributed by atoms with Gasteiger partial charge < -0.3 is 36.5 Å². The minimum Gasteiger partial charge on any atom is -0.744 e. The molecule has 390 valence electrons. The van der Waals surface area contributed by atoms with Crippen molar-refractivity contribution in [1.29, 1.82) is 0 Å². The summed E-state index contributed by atoms with van der Waals surface area (Å²) >= 11 is 0. The third-order valence-corrected chi connectivity index (χ3v) is 13.7. The van der Waals surface area contributed by atoms with Crippen LogP contribution in [0, 0.1) is 0 Å². The van der Waals surface area contributed by atoms with Gasteiger partial charge in [0, 0.05) is 67.5 Å². The van der Waals surface area contributed by atoms with Gasteiger partial charge in [-0.25, -0.2) is 8.42 Å². The summed E-state index contributed by atoms with van der Waals surface area (Å²) in [5.41, 5.74) is -2.55. The van der Waals surface area contributed by atoms with Crippen LogP contribution in [0.2, 0.25) is 0 Å². The van der Waals surface area contributed by atoms with E-state index in [0.29, 0.717) is 0 Å². The topological polar surface area (TPSA) is 395 Å². The van der Waals surface area contributed by atoms with E-state index < -0.39 is 95.5 Å². The molecule has 6 amide bonds. The van der Waals surface area contributed by atoms with Crippen molar-refractivity contribution in [3.63, 3.8) is 0 Å². The molecule has 29 heteroatoms. The molecule has 0 aromatic heterocycles. The van der Waals surface area contributed by atoms with E-state index in [4.69, 9.17) is 0 Å². The molecule has 0 fully saturated rings. The summed E-state index contributed by atoms with van der Waals surface area (Å²) in [6.07, 6.45) is 0. The van der Waals surface area contributed by atoms with Crippen LogP contribution in [0.1, 0.15) is 62.1 Å². The Bertz CT molecular complexity index is 3580. The maximum atomic E-state index is 13.9. The van der Waals surface area contributed by atoms with E-state index in [-0.39, 0.29) is 97.1 Å². The molecule has 9 N–H and O–H groups in total. The van der Waals surface area contributed by atoms with Gasteiger partial charge in [-0.2, -0.15) is 25.3 Å². The minimum absolute atomic E-state index is 0. The van der Waals surface area contributed by atoms with Crippen LogP contribution in [0.3, 0.4) is 0 Å². The summed E-state index contributed by atoms with van der Waals surface area (Å²) in [4.78, 5) is 79.7. The molecule has 0 atom stereocenters. The van der Waals surface area contributed by atoms with E-state index in [1.165, 1.54) is 66.7 Å². The summed E-state index contributed by atoms with van der Waals surface area (Å²) in [6, 6.07) is 29.4. The van der Waals surface area contributed by atoms with Crippen LogP contribution >= 0.6 is 0 Å². The first-order valence-electron chi connectivity index (χ1n) is 21.2. The van der Waals surface area contributed by atoms with Crippen molar-refractivity contribution in [3.05, 3.63) is 191 Å². The van der Waals surface area contributed by atoms with E-state index in [1.54, 1.807) is 0 Å². The van der Waals surface area contributed by atoms with E-state index >= 15 is 0 Å². The second-order valence-electron chi connectivity index (χ2n) is 15.9. The van der Waals surface area contributed by atoms with Gasteiger partial charge in [0.2, 0.25) is 0 Å². The van der Waals surface area contributed by atoms with Crippen LogP contribution in [0.4, 0.5) is 34.1 Å². The molecule has 7 aromatic rings. The SMILES string of the molecule is O=C(Nc1cc(C(=O)Nc2cccc(S(=O)(=O)[O-])c2)cc(C(=O)Nc2cccc(S(=O)(=O)O)c2)c1)c1cccc(C(=O)Nc2cc(C(=O)Nc3cccc(S(=O)(=O)O)c3)cc(C(=O)Nc3cccc(S(=O)(=O)O)c3)c2)c1.[Na+]. The molecule has 24 nitrogen and oxygen atoms in total. The maximum absolute atomic E-state index is 13.9. The summed E-state index contributed by atoms with van der Waals surface area (Å²) in [6.45, 7) is 0. The number of anilines is 6. The Morgan fingerprint density at radius 3 is 0.792 bits per heavy atom. The standard InChI is InChI=1S/C48H36N6O18S4.Na/c55-43(53-37-19-29(45(57)49-33-8-2-12-39(23-33)73(61,62)63)17-30(20-37)46(58)50-34-9-3-13-40(24-34)74(64,65)66)27-6-1-7-28(16-27)44(56)54-38-21-31(47(59)51-35-10-4-14-41(25-35)75(67,68)69)18-32(22-38)48(60)52-36-11-5-15-42(26-36)76(70,71)72;/h1-26H,(H,49,57)(H,50,58)(H,51,59)(H,52,60)(H,53,55)(H,54,56)(H,61,62,63)(H,64,65,66)(H,67,68,69)(H,70,71,72);/q;+1/p-1. The molecule has 0 aliphatic rings. The van der Waals surface area contributed by atoms with Crippen LogP contribution in [0.5, 0.6) is 0 Å². The van der Waals surface area contributed by atoms with Gasteiger partial charge in [-0.15, -0.1) is 0 Å². The van der Waals surface area contributed by atoms with Gasteiger partial charge in [0.1, 0.15) is 10.1 Å². The zero-order valence-corrected chi connectivity index (χ0v) is 44.4. The first kappa shape index (κ1) is 58.3. The summed E-state index contributed by atoms with van der Waals surface area (Å²) < 4.78 is 134. The van der Waals surface area contributed by atoms with Crippen molar-refractivity contribution < 1.29 is 110 Å². The summed E-state index contributed by atoms with van der Waals surface area (Å²) in [5.74, 6) is -5.70. The molecule has 7 rings (SSSR count). The second kappa shape index (κ2) is 23.5. The Kier molecular flexibility index (Phi) is 17.8. The first-order valence-corrected chi connectivity index (χ1v) is 26.9. The molecule has 7 aromatic carbocycles. The molecule has 0 aliphatic heterocycles. The van der Waals surface area contributed by atoms with Crippen molar-refractivity contribution in [2.24, 2.45) is 0 Å². The minimum atomic E-state index is -4.95. The second-order valence-corrected chi connectivity index (χ2v) is 21.5. The number of hydrogen-bond donors (Lipinski definition) is 9. The number of carbonyl (C=O) groups is 6. The van der Waals surface area contributed by atoms with Crippen LogP contribution in [0.15, 0.2) is 177 Å². The summed E-state index contributed by atoms with van der Waals surface area (Å²) in [7, 11) is -19.0. The van der Waals surface area contributed by atoms with Crippen molar-refractivity contribution in [2.75, 3.05) is 31.9 Å². The molecule has 0 saturated heterocycles. The van der Waals surface area contributed by atoms with Crippen molar-refractivity contribution in [3.8, 4) is 0 Å². The number of rotatable bonds is 16. The Morgan fingerprint density at radius 2 is 0.519 bits per heavy atom. The number of hydrogen-bond acceptors (Lipinski definition) is 15. The number of carbonyl (C=O) groups excluding carboxylic acids is 6. The van der Waals surface area contributed by atoms with E-state index in [9.17, 15) is 80.6 Å². The zero-order chi connectivity index (χ0) is 55.3. The quantitative estimate of drug-likeness (QED) is 0.0496. The molecular weight excluding hydrogens is 1100 g/mol. The third-order valence-electron chi connectivity index (χ3n) is 10.4. The Labute approximate surface area is 459 Å². The largest absolute Gasteiger partial charge is 1.00 e. The number of nitrogens with one attached hydrogen (secondary N) is 6. The monoisotopic (exact) mass is 1130 g/mol.